The second-order valence-electron chi connectivity index (χ2n) is 1.91. The zero-order valence-corrected chi connectivity index (χ0v) is 13.5. The minimum absolute atomic E-state index is 0. The molecular weight excluding hydrogens is 364 g/mol. The Kier molecular flexibility index (Phi) is 67.6. The van der Waals surface area contributed by atoms with E-state index < -0.39 is 21.8 Å². The summed E-state index contributed by atoms with van der Waals surface area (Å²) in [4.78, 5) is 21.6. The molecule has 3 radical (unpaired) electrons. The molecule has 0 aliphatic rings. The number of nitrogens with one attached hydrogen (secondary N) is 1. The van der Waals surface area contributed by atoms with Crippen LogP contribution in [-0.4, -0.2) is 85.0 Å². The van der Waals surface area contributed by atoms with Crippen LogP contribution in [0.25, 0.3) is 0 Å². The van der Waals surface area contributed by atoms with Gasteiger partial charge in [-0.3, -0.25) is 0 Å². The van der Waals surface area contributed by atoms with Crippen LogP contribution in [0.5, 0.6) is 0 Å². The van der Waals surface area contributed by atoms with Gasteiger partial charge in [0, 0.05) is 30.5 Å². The molecule has 0 aromatic heterocycles. The molecule has 0 atom stereocenters. The van der Waals surface area contributed by atoms with Crippen LogP contribution in [0, 0.1) is 0 Å². The Labute approximate surface area is 128 Å². The Morgan fingerprint density at radius 1 is 0.850 bits per heavy atom. The van der Waals surface area contributed by atoms with Crippen LogP contribution in [0.1, 0.15) is 0 Å². The maximum atomic E-state index is 8.88. The Balaban J connectivity index is -0.0000000238. The molecule has 20 heavy (non-hydrogen) atoms. The minimum atomic E-state index is -4.64. The van der Waals surface area contributed by atoms with Gasteiger partial charge in [0.25, 0.3) is 0 Å². The van der Waals surface area contributed by atoms with E-state index in [2.05, 4.69) is 5.32 Å². The number of aliphatic hydroxyl groups is 2. The summed E-state index contributed by atoms with van der Waals surface area (Å²) in [5, 5.41) is 19.1. The molecule has 13 nitrogen and oxygen atoms in total. The van der Waals surface area contributed by atoms with Gasteiger partial charge in [0.1, 0.15) is 0 Å². The molecule has 0 saturated heterocycles. The van der Waals surface area contributed by atoms with E-state index in [9.17, 15) is 0 Å². The Hall–Kier alpha value is 0.335. The molecular formula is C4H20AlCrNO12P. The molecule has 0 unspecified atom stereocenters. The quantitative estimate of drug-likeness (QED) is 0.152. The van der Waals surface area contributed by atoms with E-state index >= 15 is 0 Å². The van der Waals surface area contributed by atoms with Gasteiger partial charge in [0.05, 0.1) is 13.2 Å². The maximum absolute atomic E-state index is 8.88. The van der Waals surface area contributed by atoms with E-state index in [4.69, 9.17) is 40.9 Å². The van der Waals surface area contributed by atoms with Gasteiger partial charge in [-0.15, -0.1) is 0 Å². The molecule has 0 amide bonds. The predicted molar refractivity (Wildman–Crippen MR) is 60.0 cm³/mol. The van der Waals surface area contributed by atoms with E-state index in [-0.39, 0.29) is 47.0 Å². The first kappa shape index (κ1) is 42.8. The van der Waals surface area contributed by atoms with Gasteiger partial charge < -0.3 is 46.6 Å². The number of hydrogen-bond acceptors (Lipinski definition) is 7. The van der Waals surface area contributed by atoms with Crippen molar-refractivity contribution in [1.82, 2.24) is 5.32 Å². The summed E-state index contributed by atoms with van der Waals surface area (Å²) in [6.07, 6.45) is 0. The second-order valence-corrected chi connectivity index (χ2v) is 3.58. The van der Waals surface area contributed by atoms with Crippen LogP contribution in [-0.2, 0) is 29.9 Å². The second kappa shape index (κ2) is 31.6. The zero-order chi connectivity index (χ0) is 13.6. The predicted octanol–water partition coefficient (Wildman–Crippen LogP) is -5.58. The molecule has 0 fully saturated rings. The third kappa shape index (κ3) is 293. The normalized spacial score (nSPS) is 7.45. The van der Waals surface area contributed by atoms with Crippen molar-refractivity contribution in [2.45, 2.75) is 0 Å². The van der Waals surface area contributed by atoms with Crippen LogP contribution in [0.4, 0.5) is 0 Å². The standard InChI is InChI=1S/C4H11NO2.Al.Cr.H3O4P.3H2O.3O/c6-3-1-5-2-4-7;;;1-5(2,3)4;;;;;;/h5-7H,1-4H2;;;(H3,1,2,3,4);3*1H2;;;. The topological polar surface area (TPSA) is 276 Å². The Morgan fingerprint density at radius 2 is 1.00 bits per heavy atom. The van der Waals surface area contributed by atoms with Crippen molar-refractivity contribution in [1.29, 1.82) is 0 Å². The van der Waals surface area contributed by atoms with Crippen molar-refractivity contribution in [2.24, 2.45) is 0 Å². The van der Waals surface area contributed by atoms with Crippen LogP contribution in [0.15, 0.2) is 0 Å². The molecule has 127 valence electrons. The summed E-state index contributed by atoms with van der Waals surface area (Å²) in [6.45, 7) is 1.42. The van der Waals surface area contributed by atoms with Crippen LogP contribution in [0.2, 0.25) is 0 Å². The van der Waals surface area contributed by atoms with Crippen molar-refractivity contribution in [3.8, 4) is 0 Å². The van der Waals surface area contributed by atoms with E-state index in [0.29, 0.717) is 13.1 Å². The van der Waals surface area contributed by atoms with Gasteiger partial charge >= 0.3 is 33.2 Å². The number of hydrogen-bond donors (Lipinski definition) is 6. The van der Waals surface area contributed by atoms with Crippen molar-refractivity contribution >= 4 is 25.2 Å². The molecule has 0 aliphatic heterocycles. The fourth-order valence-corrected chi connectivity index (χ4v) is 0.283. The molecule has 0 heterocycles. The monoisotopic (exact) mass is 384 g/mol. The van der Waals surface area contributed by atoms with Crippen LogP contribution >= 0.6 is 7.82 Å². The van der Waals surface area contributed by atoms with Crippen LogP contribution in [0.3, 0.4) is 0 Å². The molecule has 12 N–H and O–H groups in total. The van der Waals surface area contributed by atoms with Crippen molar-refractivity contribution in [3.63, 3.8) is 0 Å². The first-order chi connectivity index (χ1) is 7.15. The molecule has 0 aliphatic carbocycles. The van der Waals surface area contributed by atoms with Crippen molar-refractivity contribution < 1.29 is 71.2 Å². The van der Waals surface area contributed by atoms with Crippen molar-refractivity contribution in [3.05, 3.63) is 0 Å². The summed E-state index contributed by atoms with van der Waals surface area (Å²) in [5.74, 6) is 0. The van der Waals surface area contributed by atoms with Gasteiger partial charge in [0.15, 0.2) is 0 Å². The third-order valence-electron chi connectivity index (χ3n) is 0.577. The fraction of sp³-hybridized carbons (Fsp3) is 1.00. The summed E-state index contributed by atoms with van der Waals surface area (Å²) >= 11 is -3.79. The number of phosphoric acid groups is 1. The summed E-state index contributed by atoms with van der Waals surface area (Å²) in [6, 6.07) is 0. The number of aliphatic hydroxyl groups excluding tert-OH is 2. The first-order valence-corrected chi connectivity index (χ1v) is 6.75. The van der Waals surface area contributed by atoms with Crippen LogP contribution < -0.4 is 5.32 Å². The van der Waals surface area contributed by atoms with E-state index in [1.165, 1.54) is 0 Å². The summed E-state index contributed by atoms with van der Waals surface area (Å²) < 4.78 is 34.5. The van der Waals surface area contributed by atoms with Gasteiger partial charge in [-0.1, -0.05) is 0 Å². The molecule has 16 heteroatoms. The van der Waals surface area contributed by atoms with Crippen molar-refractivity contribution in [2.75, 3.05) is 26.3 Å². The Bertz CT molecular complexity index is 258. The van der Waals surface area contributed by atoms with Gasteiger partial charge in [-0.05, 0) is 0 Å². The van der Waals surface area contributed by atoms with Gasteiger partial charge in [-0.25, -0.2) is 4.57 Å². The Morgan fingerprint density at radius 3 is 1.10 bits per heavy atom. The van der Waals surface area contributed by atoms with Gasteiger partial charge in [-0.2, -0.15) is 0 Å². The average molecular weight is 384 g/mol. The molecule has 0 saturated carbocycles. The number of rotatable bonds is 4. The van der Waals surface area contributed by atoms with E-state index in [1.807, 2.05) is 0 Å². The molecule has 0 rings (SSSR count). The fourth-order valence-electron chi connectivity index (χ4n) is 0.283. The average Bonchev–Trinajstić information content (AvgIpc) is 2.01. The molecule has 0 spiro atoms. The molecule has 0 bridgehead atoms. The third-order valence-corrected chi connectivity index (χ3v) is 0.577. The van der Waals surface area contributed by atoms with E-state index in [0.717, 1.165) is 0 Å². The zero-order valence-electron chi connectivity index (χ0n) is 10.1. The summed E-state index contributed by atoms with van der Waals surface area (Å²) in [7, 11) is -4.64. The van der Waals surface area contributed by atoms with E-state index in [1.54, 1.807) is 0 Å². The molecule has 0 aromatic rings. The molecule has 0 aromatic carbocycles. The van der Waals surface area contributed by atoms with Gasteiger partial charge in [0.2, 0.25) is 0 Å². The summed E-state index contributed by atoms with van der Waals surface area (Å²) in [5.41, 5.74) is 0. The SMILES string of the molecule is O.O.O.O=P(O)(O)O.OCCNCCO.[Al].[O]=[Cr](=[O])=[O]. The first-order valence-electron chi connectivity index (χ1n) is 3.62.